The first-order valence-electron chi connectivity index (χ1n) is 9.67. The van der Waals surface area contributed by atoms with Gasteiger partial charge in [-0.15, -0.1) is 0 Å². The molecule has 0 saturated heterocycles. The van der Waals surface area contributed by atoms with Crippen LogP contribution in [0.4, 0.5) is 10.1 Å². The van der Waals surface area contributed by atoms with Gasteiger partial charge in [0.2, 0.25) is 11.8 Å². The van der Waals surface area contributed by atoms with Crippen LogP contribution in [-0.2, 0) is 14.4 Å². The molecule has 1 rings (SSSR count). The van der Waals surface area contributed by atoms with E-state index in [0.29, 0.717) is 28.6 Å². The number of carbonyl (C=O) groups excluding carboxylic acids is 3. The van der Waals surface area contributed by atoms with Crippen molar-refractivity contribution in [3.63, 3.8) is 0 Å². The Balaban J connectivity index is 3.47. The summed E-state index contributed by atoms with van der Waals surface area (Å²) in [6.45, 7) is 10.9. The van der Waals surface area contributed by atoms with Crippen LogP contribution in [0.2, 0.25) is 0 Å². The number of rotatable bonds is 8. The summed E-state index contributed by atoms with van der Waals surface area (Å²) in [6, 6.07) is 2.63. The first kappa shape index (κ1) is 24.8. The van der Waals surface area contributed by atoms with E-state index in [1.165, 1.54) is 12.1 Å². The van der Waals surface area contributed by atoms with E-state index in [2.05, 4.69) is 15.9 Å². The van der Waals surface area contributed by atoms with Crippen molar-refractivity contribution in [2.24, 2.45) is 17.8 Å². The van der Waals surface area contributed by atoms with Crippen molar-refractivity contribution in [2.75, 3.05) is 4.90 Å². The number of carbonyl (C=O) groups is 3. The zero-order valence-electron chi connectivity index (χ0n) is 17.3. The SMILES string of the molecule is CCC(C)C(=O)Sc1cc(N(C(=O)C(C)CC)C(=O)C(C)CC)c(F)cc1Br. The van der Waals surface area contributed by atoms with Crippen LogP contribution in [-0.4, -0.2) is 16.9 Å². The van der Waals surface area contributed by atoms with Crippen molar-refractivity contribution in [3.8, 4) is 0 Å². The van der Waals surface area contributed by atoms with Gasteiger partial charge < -0.3 is 0 Å². The zero-order chi connectivity index (χ0) is 21.6. The number of nitrogens with zero attached hydrogens (tertiary/aromatic N) is 1. The molecule has 3 atom stereocenters. The van der Waals surface area contributed by atoms with E-state index in [9.17, 15) is 18.8 Å². The summed E-state index contributed by atoms with van der Waals surface area (Å²) in [5.41, 5.74) is -0.0988. The Kier molecular flexibility index (Phi) is 9.84. The Morgan fingerprint density at radius 1 is 0.964 bits per heavy atom. The lowest BCUT2D eigenvalue weighted by atomic mass is 10.0. The molecule has 3 unspecified atom stereocenters. The summed E-state index contributed by atoms with van der Waals surface area (Å²) in [6.07, 6.45) is 1.77. The molecule has 0 radical (unpaired) electrons. The maximum absolute atomic E-state index is 14.8. The molecule has 0 N–H and O–H groups in total. The van der Waals surface area contributed by atoms with Gasteiger partial charge in [-0.05, 0) is 47.3 Å². The van der Waals surface area contributed by atoms with Gasteiger partial charge in [-0.2, -0.15) is 0 Å². The normalized spacial score (nSPS) is 14.3. The largest absolute Gasteiger partial charge is 0.287 e. The molecular weight excluding hydrogens is 445 g/mol. The lowest BCUT2D eigenvalue weighted by Crippen LogP contribution is -2.43. The number of amides is 2. The molecule has 156 valence electrons. The summed E-state index contributed by atoms with van der Waals surface area (Å²) >= 11 is 4.28. The monoisotopic (exact) mass is 473 g/mol. The third-order valence-electron chi connectivity index (χ3n) is 4.98. The number of hydrogen-bond donors (Lipinski definition) is 0. The third-order valence-corrected chi connectivity index (χ3v) is 7.06. The van der Waals surface area contributed by atoms with Crippen LogP contribution in [0, 0.1) is 23.6 Å². The molecule has 2 amide bonds. The number of halogens is 2. The topological polar surface area (TPSA) is 54.5 Å². The van der Waals surface area contributed by atoms with Gasteiger partial charge in [-0.3, -0.25) is 14.4 Å². The second-order valence-corrected chi connectivity index (χ2v) is 9.00. The second-order valence-electron chi connectivity index (χ2n) is 7.09. The highest BCUT2D eigenvalue weighted by Crippen LogP contribution is 2.36. The van der Waals surface area contributed by atoms with Crippen LogP contribution in [0.1, 0.15) is 60.8 Å². The van der Waals surface area contributed by atoms with Crippen LogP contribution < -0.4 is 4.90 Å². The molecule has 0 fully saturated rings. The summed E-state index contributed by atoms with van der Waals surface area (Å²) in [5, 5.41) is -0.0474. The Hall–Kier alpha value is -1.21. The van der Waals surface area contributed by atoms with Gasteiger partial charge in [0.1, 0.15) is 5.82 Å². The van der Waals surface area contributed by atoms with Crippen LogP contribution in [0.5, 0.6) is 0 Å². The van der Waals surface area contributed by atoms with Gasteiger partial charge >= 0.3 is 0 Å². The fraction of sp³-hybridized carbons (Fsp3) is 0.571. The van der Waals surface area contributed by atoms with Gasteiger partial charge in [0.25, 0.3) is 0 Å². The van der Waals surface area contributed by atoms with Gasteiger partial charge in [-0.1, -0.05) is 53.3 Å². The molecular formula is C21H29BrFNO3S. The maximum Gasteiger partial charge on any atom is 0.236 e. The van der Waals surface area contributed by atoms with E-state index in [4.69, 9.17) is 0 Å². The van der Waals surface area contributed by atoms with E-state index in [-0.39, 0.29) is 16.7 Å². The number of anilines is 1. The molecule has 1 aromatic carbocycles. The Labute approximate surface area is 179 Å². The lowest BCUT2D eigenvalue weighted by Gasteiger charge is -2.27. The Bertz CT molecular complexity index is 719. The summed E-state index contributed by atoms with van der Waals surface area (Å²) in [4.78, 5) is 39.6. The minimum Gasteiger partial charge on any atom is -0.287 e. The molecule has 0 aliphatic heterocycles. The summed E-state index contributed by atoms with van der Waals surface area (Å²) in [7, 11) is 0. The highest BCUT2D eigenvalue weighted by molar-refractivity contribution is 9.10. The Morgan fingerprint density at radius 2 is 1.43 bits per heavy atom. The lowest BCUT2D eigenvalue weighted by molar-refractivity contribution is -0.130. The molecule has 0 heterocycles. The predicted octanol–water partition coefficient (Wildman–Crippen LogP) is 6.20. The first-order chi connectivity index (χ1) is 13.1. The standard InChI is InChI=1S/C21H29BrFNO3S/c1-7-12(4)19(25)24(20(26)13(5)8-2)17-11-18(15(22)10-16(17)23)28-21(27)14(6)9-3/h10-14H,7-9H2,1-6H3. The molecule has 0 aliphatic rings. The highest BCUT2D eigenvalue weighted by atomic mass is 79.9. The number of hydrogen-bond acceptors (Lipinski definition) is 4. The molecule has 4 nitrogen and oxygen atoms in total. The average Bonchev–Trinajstić information content (AvgIpc) is 2.68. The van der Waals surface area contributed by atoms with Gasteiger partial charge in [-0.25, -0.2) is 9.29 Å². The number of thioether (sulfide) groups is 1. The van der Waals surface area contributed by atoms with Crippen molar-refractivity contribution >= 4 is 50.3 Å². The second kappa shape index (κ2) is 11.1. The zero-order valence-corrected chi connectivity index (χ0v) is 19.7. The Morgan fingerprint density at radius 3 is 1.86 bits per heavy atom. The summed E-state index contributed by atoms with van der Waals surface area (Å²) < 4.78 is 15.2. The molecule has 0 bridgehead atoms. The molecule has 28 heavy (non-hydrogen) atoms. The molecule has 0 aliphatic carbocycles. The molecule has 0 saturated carbocycles. The van der Waals surface area contributed by atoms with E-state index < -0.39 is 29.5 Å². The summed E-state index contributed by atoms with van der Waals surface area (Å²) in [5.74, 6) is -2.54. The molecule has 1 aromatic rings. The quantitative estimate of drug-likeness (QED) is 0.421. The minimum absolute atomic E-state index is 0.0474. The fourth-order valence-corrected chi connectivity index (χ4v) is 3.75. The van der Waals surface area contributed by atoms with Crippen molar-refractivity contribution in [1.29, 1.82) is 0 Å². The van der Waals surface area contributed by atoms with Gasteiger partial charge in [0, 0.05) is 27.1 Å². The maximum atomic E-state index is 14.8. The van der Waals surface area contributed by atoms with Crippen molar-refractivity contribution in [1.82, 2.24) is 0 Å². The van der Waals surface area contributed by atoms with E-state index in [1.54, 1.807) is 13.8 Å². The van der Waals surface area contributed by atoms with Crippen LogP contribution in [0.3, 0.4) is 0 Å². The van der Waals surface area contributed by atoms with Crippen molar-refractivity contribution in [2.45, 2.75) is 65.7 Å². The molecule has 0 spiro atoms. The van der Waals surface area contributed by atoms with Gasteiger partial charge in [0.15, 0.2) is 5.12 Å². The average molecular weight is 474 g/mol. The predicted molar refractivity (Wildman–Crippen MR) is 116 cm³/mol. The minimum atomic E-state index is -0.680. The first-order valence-corrected chi connectivity index (χ1v) is 11.3. The van der Waals surface area contributed by atoms with Gasteiger partial charge in [0.05, 0.1) is 5.69 Å². The third kappa shape index (κ3) is 5.89. The van der Waals surface area contributed by atoms with Crippen LogP contribution in [0.25, 0.3) is 0 Å². The number of benzene rings is 1. The van der Waals surface area contributed by atoms with Crippen LogP contribution in [0.15, 0.2) is 21.5 Å². The number of imide groups is 1. The van der Waals surface area contributed by atoms with Crippen LogP contribution >= 0.6 is 27.7 Å². The smallest absolute Gasteiger partial charge is 0.236 e. The van der Waals surface area contributed by atoms with Crippen molar-refractivity contribution in [3.05, 3.63) is 22.4 Å². The molecule has 0 aromatic heterocycles. The fourth-order valence-electron chi connectivity index (χ4n) is 2.28. The van der Waals surface area contributed by atoms with Crippen molar-refractivity contribution < 1.29 is 18.8 Å². The van der Waals surface area contributed by atoms with E-state index in [1.807, 2.05) is 27.7 Å². The highest BCUT2D eigenvalue weighted by Gasteiger charge is 2.32. The van der Waals surface area contributed by atoms with E-state index in [0.717, 1.165) is 16.7 Å². The van der Waals surface area contributed by atoms with E-state index >= 15 is 0 Å². The molecule has 7 heteroatoms.